The molecule has 26 heavy (non-hydrogen) atoms. The topological polar surface area (TPSA) is 84.5 Å². The van der Waals surface area contributed by atoms with Crippen LogP contribution in [-0.2, 0) is 11.2 Å². The molecule has 1 aromatic carbocycles. The number of amides is 1. The molecular weight excluding hydrogens is 332 g/mol. The Labute approximate surface area is 153 Å². The molecule has 1 fully saturated rings. The van der Waals surface area contributed by atoms with Gasteiger partial charge in [0.2, 0.25) is 5.91 Å². The van der Waals surface area contributed by atoms with E-state index in [9.17, 15) is 4.79 Å². The number of hydrogen-bond donors (Lipinski definition) is 3. The number of benzene rings is 1. The monoisotopic (exact) mass is 356 g/mol. The van der Waals surface area contributed by atoms with Gasteiger partial charge >= 0.3 is 0 Å². The molecule has 3 N–H and O–H groups in total. The number of methoxy groups -OCH3 is 2. The molecule has 1 saturated heterocycles. The Morgan fingerprint density at radius 3 is 2.73 bits per heavy atom. The van der Waals surface area contributed by atoms with Gasteiger partial charge in [0, 0.05) is 25.0 Å². The van der Waals surface area contributed by atoms with E-state index in [1.165, 1.54) is 0 Å². The molecule has 138 valence electrons. The van der Waals surface area contributed by atoms with E-state index >= 15 is 0 Å². The van der Waals surface area contributed by atoms with Crippen LogP contribution in [0.2, 0.25) is 0 Å². The molecule has 2 unspecified atom stereocenters. The Bertz CT molecular complexity index is 739. The van der Waals surface area contributed by atoms with E-state index in [1.54, 1.807) is 26.6 Å². The minimum absolute atomic E-state index is 0.0177. The van der Waals surface area contributed by atoms with E-state index in [-0.39, 0.29) is 18.0 Å². The minimum Gasteiger partial charge on any atom is -0.493 e. The highest BCUT2D eigenvalue weighted by Gasteiger charge is 2.29. The number of pyridine rings is 1. The first-order valence-corrected chi connectivity index (χ1v) is 8.61. The molecule has 0 radical (unpaired) electrons. The smallest absolute Gasteiger partial charge is 0.238 e. The molecule has 0 bridgehead atoms. The molecule has 0 spiro atoms. The van der Waals surface area contributed by atoms with Crippen molar-refractivity contribution in [1.29, 1.82) is 0 Å². The molecule has 0 aliphatic carbocycles. The number of nitrogens with zero attached hydrogens (tertiary/aromatic N) is 1. The summed E-state index contributed by atoms with van der Waals surface area (Å²) in [4.78, 5) is 16.4. The van der Waals surface area contributed by atoms with Crippen molar-refractivity contribution in [3.05, 3.63) is 53.9 Å². The zero-order valence-corrected chi connectivity index (χ0v) is 15.0. The van der Waals surface area contributed by atoms with Gasteiger partial charge in [-0.05, 0) is 42.2 Å². The number of hydrogen-bond acceptors (Lipinski definition) is 6. The highest BCUT2D eigenvalue weighted by Crippen LogP contribution is 2.30. The third-order valence-electron chi connectivity index (χ3n) is 4.51. The Kier molecular flexibility index (Phi) is 6.04. The summed E-state index contributed by atoms with van der Waals surface area (Å²) >= 11 is 0. The highest BCUT2D eigenvalue weighted by molar-refractivity contribution is 5.82. The van der Waals surface area contributed by atoms with Gasteiger partial charge in [-0.25, -0.2) is 10.9 Å². The Morgan fingerprint density at radius 2 is 2.00 bits per heavy atom. The van der Waals surface area contributed by atoms with Crippen molar-refractivity contribution in [3.63, 3.8) is 0 Å². The maximum atomic E-state index is 12.4. The zero-order chi connectivity index (χ0) is 18.4. The third-order valence-corrected chi connectivity index (χ3v) is 4.51. The van der Waals surface area contributed by atoms with Crippen LogP contribution in [0.25, 0.3) is 0 Å². The molecule has 2 atom stereocenters. The number of para-hydroxylation sites is 1. The summed E-state index contributed by atoms with van der Waals surface area (Å²) in [5.41, 5.74) is 8.35. The van der Waals surface area contributed by atoms with Crippen molar-refractivity contribution < 1.29 is 14.3 Å². The molecule has 7 heteroatoms. The van der Waals surface area contributed by atoms with Crippen LogP contribution in [0.1, 0.15) is 23.6 Å². The van der Waals surface area contributed by atoms with Crippen molar-refractivity contribution in [2.45, 2.75) is 24.9 Å². The van der Waals surface area contributed by atoms with Crippen molar-refractivity contribution in [3.8, 4) is 11.5 Å². The summed E-state index contributed by atoms with van der Waals surface area (Å²) in [7, 11) is 3.23. The maximum Gasteiger partial charge on any atom is 0.238 e. The third kappa shape index (κ3) is 4.12. The molecule has 2 aromatic rings. The van der Waals surface area contributed by atoms with E-state index < -0.39 is 0 Å². The molecule has 7 nitrogen and oxygen atoms in total. The van der Waals surface area contributed by atoms with Crippen LogP contribution in [0.3, 0.4) is 0 Å². The molecule has 0 saturated carbocycles. The second-order valence-corrected chi connectivity index (χ2v) is 6.10. The molecule has 1 aliphatic heterocycles. The number of ether oxygens (including phenoxy) is 2. The fourth-order valence-electron chi connectivity index (χ4n) is 3.14. The van der Waals surface area contributed by atoms with Crippen molar-refractivity contribution in [2.75, 3.05) is 20.8 Å². The van der Waals surface area contributed by atoms with Gasteiger partial charge in [0.1, 0.15) is 6.04 Å². The minimum atomic E-state index is -0.264. The van der Waals surface area contributed by atoms with Gasteiger partial charge in [0.25, 0.3) is 0 Å². The van der Waals surface area contributed by atoms with Gasteiger partial charge in [0.15, 0.2) is 11.5 Å². The van der Waals surface area contributed by atoms with Gasteiger partial charge in [0.05, 0.1) is 14.2 Å². The number of hydrazine groups is 1. The number of aromatic nitrogens is 1. The molecule has 1 aliphatic rings. The first-order chi connectivity index (χ1) is 12.7. The van der Waals surface area contributed by atoms with Gasteiger partial charge < -0.3 is 14.8 Å². The fourth-order valence-corrected chi connectivity index (χ4v) is 3.14. The predicted molar refractivity (Wildman–Crippen MR) is 97.9 cm³/mol. The molecule has 1 amide bonds. The first kappa shape index (κ1) is 18.2. The van der Waals surface area contributed by atoms with E-state index in [0.29, 0.717) is 30.9 Å². The van der Waals surface area contributed by atoms with Crippen molar-refractivity contribution in [1.82, 2.24) is 21.2 Å². The normalized spacial score (nSPS) is 19.2. The van der Waals surface area contributed by atoms with Crippen LogP contribution < -0.4 is 25.6 Å². The summed E-state index contributed by atoms with van der Waals surface area (Å²) in [5, 5.41) is 2.98. The lowest BCUT2D eigenvalue weighted by atomic mass is 10.0. The summed E-state index contributed by atoms with van der Waals surface area (Å²) in [6, 6.07) is 9.49. The summed E-state index contributed by atoms with van der Waals surface area (Å²) < 4.78 is 10.7. The molecule has 3 rings (SSSR count). The lowest BCUT2D eigenvalue weighted by Crippen LogP contribution is -2.43. The molecule has 2 heterocycles. The number of carbonyl (C=O) groups is 1. The SMILES string of the molecule is COc1cccc(CCNC(=O)C2CC(c3ccncc3)NN2)c1OC. The average molecular weight is 356 g/mol. The van der Waals surface area contributed by atoms with E-state index in [2.05, 4.69) is 21.2 Å². The Morgan fingerprint density at radius 1 is 1.19 bits per heavy atom. The quantitative estimate of drug-likeness (QED) is 0.695. The van der Waals surface area contributed by atoms with Crippen molar-refractivity contribution >= 4 is 5.91 Å². The molecule has 1 aromatic heterocycles. The largest absolute Gasteiger partial charge is 0.493 e. The lowest BCUT2D eigenvalue weighted by Gasteiger charge is -2.14. The molecular formula is C19H24N4O3. The van der Waals surface area contributed by atoms with E-state index in [0.717, 1.165) is 11.1 Å². The zero-order valence-electron chi connectivity index (χ0n) is 15.0. The summed E-state index contributed by atoms with van der Waals surface area (Å²) in [6.07, 6.45) is 4.87. The number of nitrogens with one attached hydrogen (secondary N) is 3. The lowest BCUT2D eigenvalue weighted by molar-refractivity contribution is -0.122. The van der Waals surface area contributed by atoms with Crippen LogP contribution in [-0.4, -0.2) is 37.7 Å². The predicted octanol–water partition coefficient (Wildman–Crippen LogP) is 1.37. The standard InChI is InChI=1S/C19H24N4O3/c1-25-17-5-3-4-14(18(17)26-2)8-11-21-19(24)16-12-15(22-23-16)13-6-9-20-10-7-13/h3-7,9-10,15-16,22-23H,8,11-12H2,1-2H3,(H,21,24). The highest BCUT2D eigenvalue weighted by atomic mass is 16.5. The van der Waals surface area contributed by atoms with Crippen LogP contribution in [0, 0.1) is 0 Å². The second kappa shape index (κ2) is 8.64. The summed E-state index contributed by atoms with van der Waals surface area (Å²) in [5.74, 6) is 1.39. The van der Waals surface area contributed by atoms with E-state index in [4.69, 9.17) is 9.47 Å². The van der Waals surface area contributed by atoms with Crippen LogP contribution in [0.4, 0.5) is 0 Å². The number of carbonyl (C=O) groups excluding carboxylic acids is 1. The Hall–Kier alpha value is -2.64. The van der Waals surface area contributed by atoms with Crippen molar-refractivity contribution in [2.24, 2.45) is 0 Å². The van der Waals surface area contributed by atoms with E-state index in [1.807, 2.05) is 30.3 Å². The maximum absolute atomic E-state index is 12.4. The van der Waals surface area contributed by atoms with Crippen LogP contribution in [0.15, 0.2) is 42.7 Å². The van der Waals surface area contributed by atoms with Gasteiger partial charge in [-0.15, -0.1) is 0 Å². The Balaban J connectivity index is 1.51. The van der Waals surface area contributed by atoms with Crippen LogP contribution >= 0.6 is 0 Å². The average Bonchev–Trinajstić information content (AvgIpc) is 3.18. The van der Waals surface area contributed by atoms with Gasteiger partial charge in [-0.2, -0.15) is 0 Å². The van der Waals surface area contributed by atoms with Gasteiger partial charge in [-0.1, -0.05) is 12.1 Å². The fraction of sp³-hybridized carbons (Fsp3) is 0.368. The van der Waals surface area contributed by atoms with Crippen LogP contribution in [0.5, 0.6) is 11.5 Å². The number of rotatable bonds is 7. The first-order valence-electron chi connectivity index (χ1n) is 8.61. The second-order valence-electron chi connectivity index (χ2n) is 6.10. The van der Waals surface area contributed by atoms with Gasteiger partial charge in [-0.3, -0.25) is 9.78 Å². The summed E-state index contributed by atoms with van der Waals surface area (Å²) in [6.45, 7) is 0.528.